The molecule has 0 bridgehead atoms. The fourth-order valence-electron chi connectivity index (χ4n) is 0.885. The Kier molecular flexibility index (Phi) is 2.27. The molecule has 74 valence electrons. The molecule has 0 atom stereocenters. The van der Waals surface area contributed by atoms with Gasteiger partial charge in [-0.15, -0.1) is 0 Å². The highest BCUT2D eigenvalue weighted by atomic mass is 19.4. The standard InChI is InChI=1S/C6H5F5N2/c1-13-2-3(6(9,10)11)4(12-13)5(7)8/h2,5H,1H3. The van der Waals surface area contributed by atoms with Crippen molar-refractivity contribution in [2.45, 2.75) is 12.6 Å². The van der Waals surface area contributed by atoms with Crippen molar-refractivity contribution in [1.29, 1.82) is 0 Å². The van der Waals surface area contributed by atoms with Gasteiger partial charge in [-0.3, -0.25) is 4.68 Å². The summed E-state index contributed by atoms with van der Waals surface area (Å²) in [4.78, 5) is 0. The summed E-state index contributed by atoms with van der Waals surface area (Å²) >= 11 is 0. The predicted octanol–water partition coefficient (Wildman–Crippen LogP) is 2.38. The molecule has 0 unspecified atom stereocenters. The lowest BCUT2D eigenvalue weighted by Crippen LogP contribution is -2.07. The summed E-state index contributed by atoms with van der Waals surface area (Å²) in [5.41, 5.74) is -2.61. The van der Waals surface area contributed by atoms with Crippen LogP contribution in [-0.4, -0.2) is 9.78 Å². The van der Waals surface area contributed by atoms with E-state index in [1.165, 1.54) is 0 Å². The number of halogens is 5. The molecule has 0 spiro atoms. The normalized spacial score (nSPS) is 12.5. The average molecular weight is 200 g/mol. The number of hydrogen-bond donors (Lipinski definition) is 0. The third-order valence-corrected chi connectivity index (χ3v) is 1.37. The lowest BCUT2D eigenvalue weighted by atomic mass is 10.2. The second kappa shape index (κ2) is 2.97. The fraction of sp³-hybridized carbons (Fsp3) is 0.500. The molecule has 0 fully saturated rings. The van der Waals surface area contributed by atoms with Crippen molar-refractivity contribution in [2.24, 2.45) is 7.05 Å². The highest BCUT2D eigenvalue weighted by molar-refractivity contribution is 5.21. The smallest absolute Gasteiger partial charge is 0.275 e. The quantitative estimate of drug-likeness (QED) is 0.636. The minimum Gasteiger partial charge on any atom is -0.275 e. The molecule has 1 aromatic heterocycles. The van der Waals surface area contributed by atoms with Crippen molar-refractivity contribution < 1.29 is 22.0 Å². The van der Waals surface area contributed by atoms with Crippen LogP contribution in [0.1, 0.15) is 17.7 Å². The lowest BCUT2D eigenvalue weighted by molar-refractivity contribution is -0.139. The van der Waals surface area contributed by atoms with E-state index in [-0.39, 0.29) is 0 Å². The molecular formula is C6H5F5N2. The van der Waals surface area contributed by atoms with Gasteiger partial charge in [-0.1, -0.05) is 0 Å². The Bertz CT molecular complexity index is 300. The van der Waals surface area contributed by atoms with E-state index in [1.54, 1.807) is 0 Å². The van der Waals surface area contributed by atoms with Crippen molar-refractivity contribution in [3.05, 3.63) is 17.5 Å². The van der Waals surface area contributed by atoms with Crippen LogP contribution in [0.3, 0.4) is 0 Å². The van der Waals surface area contributed by atoms with E-state index in [2.05, 4.69) is 5.10 Å². The van der Waals surface area contributed by atoms with Gasteiger partial charge in [-0.2, -0.15) is 18.3 Å². The van der Waals surface area contributed by atoms with E-state index in [1.807, 2.05) is 0 Å². The first-order valence-electron chi connectivity index (χ1n) is 3.21. The van der Waals surface area contributed by atoms with Gasteiger partial charge in [0.05, 0.1) is 0 Å². The highest BCUT2D eigenvalue weighted by Gasteiger charge is 2.38. The van der Waals surface area contributed by atoms with E-state index in [4.69, 9.17) is 0 Å². The van der Waals surface area contributed by atoms with Gasteiger partial charge >= 0.3 is 6.18 Å². The van der Waals surface area contributed by atoms with E-state index >= 15 is 0 Å². The minimum atomic E-state index is -4.78. The molecule has 0 aliphatic heterocycles. The van der Waals surface area contributed by atoms with E-state index in [0.29, 0.717) is 10.9 Å². The summed E-state index contributed by atoms with van der Waals surface area (Å²) in [6.45, 7) is 0. The summed E-state index contributed by atoms with van der Waals surface area (Å²) < 4.78 is 60.8. The minimum absolute atomic E-state index is 0.529. The molecule has 0 aliphatic rings. The summed E-state index contributed by atoms with van der Waals surface area (Å²) in [6.07, 6.45) is -7.46. The topological polar surface area (TPSA) is 17.8 Å². The zero-order valence-corrected chi connectivity index (χ0v) is 6.44. The largest absolute Gasteiger partial charge is 0.419 e. The maximum absolute atomic E-state index is 12.0. The number of nitrogens with zero attached hydrogens (tertiary/aromatic N) is 2. The average Bonchev–Trinajstić information content (AvgIpc) is 2.29. The van der Waals surface area contributed by atoms with Crippen LogP contribution in [0.5, 0.6) is 0 Å². The van der Waals surface area contributed by atoms with Crippen molar-refractivity contribution in [3.8, 4) is 0 Å². The van der Waals surface area contributed by atoms with Crippen molar-refractivity contribution >= 4 is 0 Å². The summed E-state index contributed by atoms with van der Waals surface area (Å²) in [6, 6.07) is 0. The van der Waals surface area contributed by atoms with E-state index < -0.39 is 23.9 Å². The van der Waals surface area contributed by atoms with Crippen molar-refractivity contribution in [1.82, 2.24) is 9.78 Å². The molecule has 0 saturated carbocycles. The van der Waals surface area contributed by atoms with Crippen molar-refractivity contribution in [3.63, 3.8) is 0 Å². The predicted molar refractivity (Wildman–Crippen MR) is 33.2 cm³/mol. The molecule has 7 heteroatoms. The first kappa shape index (κ1) is 9.94. The molecule has 1 aromatic rings. The lowest BCUT2D eigenvalue weighted by Gasteiger charge is -2.04. The van der Waals surface area contributed by atoms with Gasteiger partial charge in [-0.05, 0) is 0 Å². The molecule has 0 aliphatic carbocycles. The van der Waals surface area contributed by atoms with Crippen LogP contribution in [-0.2, 0) is 13.2 Å². The third kappa shape index (κ3) is 1.96. The maximum atomic E-state index is 12.0. The number of aryl methyl sites for hydroxylation is 1. The van der Waals surface area contributed by atoms with Crippen LogP contribution in [0.4, 0.5) is 22.0 Å². The van der Waals surface area contributed by atoms with Crippen molar-refractivity contribution in [2.75, 3.05) is 0 Å². The number of hydrogen-bond acceptors (Lipinski definition) is 1. The number of aromatic nitrogens is 2. The Morgan fingerprint density at radius 1 is 1.38 bits per heavy atom. The first-order valence-corrected chi connectivity index (χ1v) is 3.21. The number of rotatable bonds is 1. The Morgan fingerprint density at radius 3 is 2.23 bits per heavy atom. The molecule has 0 saturated heterocycles. The molecule has 0 N–H and O–H groups in total. The van der Waals surface area contributed by atoms with Gasteiger partial charge in [0, 0.05) is 13.2 Å². The molecule has 0 radical (unpaired) electrons. The Hall–Kier alpha value is -1.14. The Morgan fingerprint density at radius 2 is 1.92 bits per heavy atom. The van der Waals surface area contributed by atoms with Gasteiger partial charge in [0.15, 0.2) is 0 Å². The molecule has 1 heterocycles. The third-order valence-electron chi connectivity index (χ3n) is 1.37. The van der Waals surface area contributed by atoms with Crippen LogP contribution < -0.4 is 0 Å². The van der Waals surface area contributed by atoms with E-state index in [0.717, 1.165) is 7.05 Å². The Labute approximate surface area is 70.0 Å². The molecule has 1 rings (SSSR count). The monoisotopic (exact) mass is 200 g/mol. The van der Waals surface area contributed by atoms with Crippen LogP contribution >= 0.6 is 0 Å². The molecular weight excluding hydrogens is 195 g/mol. The second-order valence-electron chi connectivity index (χ2n) is 2.40. The summed E-state index contributed by atoms with van der Waals surface area (Å²) in [5, 5.41) is 3.02. The van der Waals surface area contributed by atoms with Crippen LogP contribution in [0.25, 0.3) is 0 Å². The van der Waals surface area contributed by atoms with Crippen LogP contribution in [0, 0.1) is 0 Å². The maximum Gasteiger partial charge on any atom is 0.419 e. The van der Waals surface area contributed by atoms with Gasteiger partial charge in [0.1, 0.15) is 11.3 Å². The van der Waals surface area contributed by atoms with Crippen LogP contribution in [0.15, 0.2) is 6.20 Å². The number of alkyl halides is 5. The summed E-state index contributed by atoms with van der Waals surface area (Å²) in [5.74, 6) is 0. The molecule has 0 aromatic carbocycles. The molecule has 13 heavy (non-hydrogen) atoms. The van der Waals surface area contributed by atoms with Crippen LogP contribution in [0.2, 0.25) is 0 Å². The van der Waals surface area contributed by atoms with Gasteiger partial charge in [0.25, 0.3) is 6.43 Å². The fourth-order valence-corrected chi connectivity index (χ4v) is 0.885. The Balaban J connectivity index is 3.20. The molecule has 2 nitrogen and oxygen atoms in total. The molecule has 0 amide bonds. The highest BCUT2D eigenvalue weighted by Crippen LogP contribution is 2.35. The zero-order chi connectivity index (χ0) is 10.2. The summed E-state index contributed by atoms with van der Waals surface area (Å²) in [7, 11) is 1.15. The van der Waals surface area contributed by atoms with E-state index in [9.17, 15) is 22.0 Å². The van der Waals surface area contributed by atoms with Gasteiger partial charge < -0.3 is 0 Å². The van der Waals surface area contributed by atoms with Gasteiger partial charge in [0.2, 0.25) is 0 Å². The van der Waals surface area contributed by atoms with Gasteiger partial charge in [-0.25, -0.2) is 8.78 Å². The first-order chi connectivity index (χ1) is 5.82. The second-order valence-corrected chi connectivity index (χ2v) is 2.40. The SMILES string of the molecule is Cn1cc(C(F)(F)F)c(C(F)F)n1. The zero-order valence-electron chi connectivity index (χ0n) is 6.44.